The molecule has 3 N–H and O–H groups in total. The van der Waals surface area contributed by atoms with E-state index in [1.807, 2.05) is 6.92 Å². The SMILES string of the molecule is CCOC(=O)c1ccc(NC(=O)COc2ccc(C=NNC(=O)CCC(=O)Nc3ccc(C)c(Cl)c3)cc2OCC)cc1. The Bertz CT molecular complexity index is 1480. The smallest absolute Gasteiger partial charge is 0.338 e. The standard InChI is InChI=1S/C31H33ClN4O7/c1-4-41-27-16-21(18-33-36-29(38)15-14-28(37)35-24-10-6-20(3)25(32)17-24)7-13-26(27)43-19-30(39)34-23-11-8-22(9-12-23)31(40)42-5-2/h6-13,16-18H,4-5,14-15,19H2,1-3H3,(H,34,39)(H,35,37)(H,36,38). The molecule has 0 atom stereocenters. The number of carbonyl (C=O) groups excluding carboxylic acids is 4. The molecule has 0 aromatic heterocycles. The van der Waals surface area contributed by atoms with Crippen LogP contribution in [-0.2, 0) is 19.1 Å². The summed E-state index contributed by atoms with van der Waals surface area (Å²) in [6.45, 7) is 5.73. The number of nitrogens with zero attached hydrogens (tertiary/aromatic N) is 1. The van der Waals surface area contributed by atoms with Gasteiger partial charge in [0, 0.05) is 29.2 Å². The van der Waals surface area contributed by atoms with Gasteiger partial charge in [0.2, 0.25) is 11.8 Å². The number of ether oxygens (including phenoxy) is 3. The maximum absolute atomic E-state index is 12.4. The summed E-state index contributed by atoms with van der Waals surface area (Å²) in [4.78, 5) is 48.4. The second kappa shape index (κ2) is 16.5. The maximum atomic E-state index is 12.4. The first-order valence-electron chi connectivity index (χ1n) is 13.5. The minimum atomic E-state index is -0.437. The van der Waals surface area contributed by atoms with Crippen molar-refractivity contribution >= 4 is 52.9 Å². The van der Waals surface area contributed by atoms with E-state index in [-0.39, 0.29) is 32.0 Å². The van der Waals surface area contributed by atoms with E-state index in [2.05, 4.69) is 21.2 Å². The Morgan fingerprint density at radius 1 is 0.791 bits per heavy atom. The summed E-state index contributed by atoms with van der Waals surface area (Å²) in [7, 11) is 0. The van der Waals surface area contributed by atoms with Gasteiger partial charge in [0.05, 0.1) is 25.0 Å². The van der Waals surface area contributed by atoms with Crippen LogP contribution in [0.2, 0.25) is 5.02 Å². The summed E-state index contributed by atoms with van der Waals surface area (Å²) in [5.41, 5.74) is 5.33. The molecule has 0 unspecified atom stereocenters. The lowest BCUT2D eigenvalue weighted by atomic mass is 10.2. The molecule has 3 aromatic rings. The molecule has 0 radical (unpaired) electrons. The molecular weight excluding hydrogens is 576 g/mol. The van der Waals surface area contributed by atoms with Crippen LogP contribution in [0.5, 0.6) is 11.5 Å². The van der Waals surface area contributed by atoms with Crippen LogP contribution in [0.15, 0.2) is 65.8 Å². The highest BCUT2D eigenvalue weighted by Crippen LogP contribution is 2.28. The molecule has 226 valence electrons. The first-order chi connectivity index (χ1) is 20.7. The Morgan fingerprint density at radius 2 is 1.49 bits per heavy atom. The minimum absolute atomic E-state index is 0.0279. The van der Waals surface area contributed by atoms with Gasteiger partial charge in [0.25, 0.3) is 5.91 Å². The zero-order chi connectivity index (χ0) is 31.2. The second-order valence-electron chi connectivity index (χ2n) is 9.08. The van der Waals surface area contributed by atoms with E-state index in [1.165, 1.54) is 6.21 Å². The molecule has 0 spiro atoms. The van der Waals surface area contributed by atoms with Crippen LogP contribution in [0, 0.1) is 6.92 Å². The fourth-order valence-corrected chi connectivity index (χ4v) is 3.77. The number of hydrogen-bond donors (Lipinski definition) is 3. The number of esters is 1. The number of nitrogens with one attached hydrogen (secondary N) is 3. The summed E-state index contributed by atoms with van der Waals surface area (Å²) in [5, 5.41) is 9.88. The van der Waals surface area contributed by atoms with Gasteiger partial charge in [-0.25, -0.2) is 10.2 Å². The van der Waals surface area contributed by atoms with E-state index in [0.717, 1.165) is 5.56 Å². The van der Waals surface area contributed by atoms with Gasteiger partial charge in [0.15, 0.2) is 18.1 Å². The maximum Gasteiger partial charge on any atom is 0.338 e. The van der Waals surface area contributed by atoms with Gasteiger partial charge in [-0.15, -0.1) is 0 Å². The number of benzene rings is 3. The van der Waals surface area contributed by atoms with Crippen molar-refractivity contribution in [3.05, 3.63) is 82.4 Å². The third kappa shape index (κ3) is 10.8. The third-order valence-electron chi connectivity index (χ3n) is 5.74. The van der Waals surface area contributed by atoms with Crippen molar-refractivity contribution in [2.24, 2.45) is 5.10 Å². The van der Waals surface area contributed by atoms with Crippen molar-refractivity contribution in [3.8, 4) is 11.5 Å². The second-order valence-corrected chi connectivity index (χ2v) is 9.49. The van der Waals surface area contributed by atoms with Gasteiger partial charge in [-0.05, 0) is 86.5 Å². The fraction of sp³-hybridized carbons (Fsp3) is 0.258. The van der Waals surface area contributed by atoms with Crippen molar-refractivity contribution < 1.29 is 33.4 Å². The summed E-state index contributed by atoms with van der Waals surface area (Å²) >= 11 is 6.07. The average molecular weight is 609 g/mol. The topological polar surface area (TPSA) is 144 Å². The largest absolute Gasteiger partial charge is 0.490 e. The lowest BCUT2D eigenvalue weighted by molar-refractivity contribution is -0.124. The molecule has 0 bridgehead atoms. The number of anilines is 2. The Kier molecular flexibility index (Phi) is 12.5. The van der Waals surface area contributed by atoms with Crippen LogP contribution in [0.4, 0.5) is 11.4 Å². The molecule has 0 saturated heterocycles. The predicted octanol–water partition coefficient (Wildman–Crippen LogP) is 5.11. The van der Waals surface area contributed by atoms with Crippen molar-refractivity contribution in [1.29, 1.82) is 0 Å². The van der Waals surface area contributed by atoms with Crippen LogP contribution in [-0.4, -0.2) is 49.7 Å². The van der Waals surface area contributed by atoms with Crippen LogP contribution in [0.25, 0.3) is 0 Å². The van der Waals surface area contributed by atoms with Crippen molar-refractivity contribution in [3.63, 3.8) is 0 Å². The Labute approximate surface area is 254 Å². The molecule has 0 aliphatic heterocycles. The van der Waals surface area contributed by atoms with Crippen molar-refractivity contribution in [2.75, 3.05) is 30.5 Å². The van der Waals surface area contributed by atoms with E-state index < -0.39 is 17.8 Å². The third-order valence-corrected chi connectivity index (χ3v) is 6.15. The summed E-state index contributed by atoms with van der Waals surface area (Å²) in [5.74, 6) is -0.866. The lowest BCUT2D eigenvalue weighted by Crippen LogP contribution is -2.21. The number of hydrogen-bond acceptors (Lipinski definition) is 8. The van der Waals surface area contributed by atoms with Crippen LogP contribution >= 0.6 is 11.6 Å². The molecule has 0 fully saturated rings. The van der Waals surface area contributed by atoms with Crippen LogP contribution < -0.4 is 25.5 Å². The quantitative estimate of drug-likeness (QED) is 0.131. The van der Waals surface area contributed by atoms with Gasteiger partial charge in [-0.2, -0.15) is 5.10 Å². The van der Waals surface area contributed by atoms with Gasteiger partial charge in [-0.1, -0.05) is 17.7 Å². The van der Waals surface area contributed by atoms with Gasteiger partial charge < -0.3 is 24.8 Å². The molecule has 0 aliphatic rings. The first-order valence-corrected chi connectivity index (χ1v) is 13.9. The summed E-state index contributed by atoms with van der Waals surface area (Å²) in [6, 6.07) is 16.4. The summed E-state index contributed by atoms with van der Waals surface area (Å²) in [6.07, 6.45) is 1.34. The lowest BCUT2D eigenvalue weighted by Gasteiger charge is -2.13. The normalized spacial score (nSPS) is 10.6. The molecule has 3 aromatic carbocycles. The first kappa shape index (κ1) is 32.6. The zero-order valence-corrected chi connectivity index (χ0v) is 24.8. The Hall–Kier alpha value is -4.90. The summed E-state index contributed by atoms with van der Waals surface area (Å²) < 4.78 is 16.2. The highest BCUT2D eigenvalue weighted by molar-refractivity contribution is 6.31. The van der Waals surface area contributed by atoms with Gasteiger partial charge in [-0.3, -0.25) is 14.4 Å². The number of carbonyl (C=O) groups is 4. The van der Waals surface area contributed by atoms with Crippen molar-refractivity contribution in [2.45, 2.75) is 33.6 Å². The number of amides is 3. The fourth-order valence-electron chi connectivity index (χ4n) is 3.59. The number of hydrazone groups is 1. The monoisotopic (exact) mass is 608 g/mol. The van der Waals surface area contributed by atoms with Gasteiger partial charge >= 0.3 is 5.97 Å². The van der Waals surface area contributed by atoms with E-state index >= 15 is 0 Å². The van der Waals surface area contributed by atoms with E-state index in [9.17, 15) is 19.2 Å². The number of aryl methyl sites for hydroxylation is 1. The predicted molar refractivity (Wildman–Crippen MR) is 164 cm³/mol. The van der Waals surface area contributed by atoms with E-state index in [1.54, 1.807) is 74.5 Å². The number of rotatable bonds is 14. The van der Waals surface area contributed by atoms with Crippen LogP contribution in [0.1, 0.15) is 48.2 Å². The molecule has 43 heavy (non-hydrogen) atoms. The molecule has 3 rings (SSSR count). The highest BCUT2D eigenvalue weighted by Gasteiger charge is 2.12. The Balaban J connectivity index is 1.47. The van der Waals surface area contributed by atoms with Crippen molar-refractivity contribution in [1.82, 2.24) is 5.43 Å². The molecule has 12 heteroatoms. The van der Waals surface area contributed by atoms with E-state index in [4.69, 9.17) is 25.8 Å². The molecular formula is C31H33ClN4O7. The number of halogens is 1. The molecule has 3 amide bonds. The average Bonchev–Trinajstić information content (AvgIpc) is 2.98. The molecule has 0 aliphatic carbocycles. The Morgan fingerprint density at radius 3 is 2.19 bits per heavy atom. The van der Waals surface area contributed by atoms with Gasteiger partial charge in [0.1, 0.15) is 0 Å². The molecule has 0 heterocycles. The molecule has 0 saturated carbocycles. The van der Waals surface area contributed by atoms with Crippen LogP contribution in [0.3, 0.4) is 0 Å². The highest BCUT2D eigenvalue weighted by atomic mass is 35.5. The zero-order valence-electron chi connectivity index (χ0n) is 24.1. The minimum Gasteiger partial charge on any atom is -0.490 e. The molecule has 11 nitrogen and oxygen atoms in total. The van der Waals surface area contributed by atoms with E-state index in [0.29, 0.717) is 45.6 Å².